The van der Waals surface area contributed by atoms with Gasteiger partial charge in [-0.15, -0.1) is 34.9 Å². The number of anilines is 1. The van der Waals surface area contributed by atoms with E-state index in [1.165, 1.54) is 57.7 Å². The number of fused-ring (bicyclic) bond motifs is 1. The number of rotatable bonds is 13. The van der Waals surface area contributed by atoms with Gasteiger partial charge in [0.25, 0.3) is 11.8 Å². The summed E-state index contributed by atoms with van der Waals surface area (Å²) >= 11 is 3.68. The number of nitrogen functional groups attached to an aromatic ring is 1. The molecule has 0 saturated carbocycles. The predicted octanol–water partition coefficient (Wildman–Crippen LogP) is 0.281. The van der Waals surface area contributed by atoms with Crippen molar-refractivity contribution < 1.29 is 53.5 Å². The van der Waals surface area contributed by atoms with Gasteiger partial charge in [0.1, 0.15) is 34.5 Å². The number of hydrogen-bond donors (Lipinski definition) is 5. The monoisotopic (exact) mass is 739 g/mol. The fourth-order valence-electron chi connectivity index (χ4n) is 4.93. The number of carboxylic acid groups (broad SMARTS) is 2. The lowest BCUT2D eigenvalue weighted by molar-refractivity contribution is -0.691. The van der Waals surface area contributed by atoms with Crippen molar-refractivity contribution in [3.63, 3.8) is 0 Å². The van der Waals surface area contributed by atoms with Crippen LogP contribution in [0.15, 0.2) is 80.0 Å². The Balaban J connectivity index is 1.12. The second kappa shape index (κ2) is 14.5. The highest BCUT2D eigenvalue weighted by Crippen LogP contribution is 2.41. The number of pyridine rings is 1. The lowest BCUT2D eigenvalue weighted by Crippen LogP contribution is -2.71. The molecule has 2 amide bonds. The van der Waals surface area contributed by atoms with E-state index >= 15 is 0 Å². The van der Waals surface area contributed by atoms with Gasteiger partial charge in [0.05, 0.1) is 0 Å². The number of thiazole rings is 1. The molecule has 0 bridgehead atoms. The van der Waals surface area contributed by atoms with Gasteiger partial charge < -0.3 is 45.6 Å². The molecule has 2 aliphatic heterocycles. The number of β-lactam (4-membered cyclic amide) rings is 1. The smallest absolute Gasteiger partial charge is 0.352 e. The first kappa shape index (κ1) is 34.3. The first-order chi connectivity index (χ1) is 24.0. The number of aromatic hydroxyl groups is 2. The number of nitrogens with two attached hydrogens (primary N) is 1. The maximum absolute atomic E-state index is 13.5. The topological polar surface area (TPSA) is 258 Å². The second-order valence-electron chi connectivity index (χ2n) is 10.7. The molecule has 258 valence electrons. The van der Waals surface area contributed by atoms with Crippen LogP contribution >= 0.6 is 34.9 Å². The van der Waals surface area contributed by atoms with Crippen LogP contribution in [0.5, 0.6) is 11.5 Å². The fourth-order valence-corrected chi connectivity index (χ4v) is 7.85. The Labute approximate surface area is 294 Å². The van der Waals surface area contributed by atoms with E-state index in [-0.39, 0.29) is 64.2 Å². The maximum atomic E-state index is 13.5. The Bertz CT molecular complexity index is 2050. The van der Waals surface area contributed by atoms with E-state index in [0.29, 0.717) is 16.8 Å². The number of carbonyl (C=O) groups is 4. The van der Waals surface area contributed by atoms with Gasteiger partial charge in [0.15, 0.2) is 53.6 Å². The molecule has 17 nitrogen and oxygen atoms in total. The summed E-state index contributed by atoms with van der Waals surface area (Å²) in [6.45, 7) is -0.567. The molecule has 20 heteroatoms. The van der Waals surface area contributed by atoms with Crippen LogP contribution in [0.3, 0.4) is 0 Å². The van der Waals surface area contributed by atoms with Crippen LogP contribution < -0.4 is 20.7 Å². The number of nitrogens with one attached hydrogen (secondary N) is 1. The number of phenols is 2. The summed E-state index contributed by atoms with van der Waals surface area (Å²) in [6.07, 6.45) is 3.14. The summed E-state index contributed by atoms with van der Waals surface area (Å²) in [6, 6.07) is 7.96. The number of carbonyl (C=O) groups excluding carboxylic acids is 3. The molecular formula is C30H25N7O10S3. The Morgan fingerprint density at radius 1 is 1.20 bits per heavy atom. The van der Waals surface area contributed by atoms with E-state index in [2.05, 4.69) is 20.6 Å². The number of hydrogen-bond acceptors (Lipinski definition) is 16. The highest BCUT2D eigenvalue weighted by molar-refractivity contribution is 8.01. The van der Waals surface area contributed by atoms with Gasteiger partial charge >= 0.3 is 5.97 Å². The van der Waals surface area contributed by atoms with E-state index in [1.807, 2.05) is 0 Å². The van der Waals surface area contributed by atoms with Crippen LogP contribution in [0.4, 0.5) is 5.13 Å². The number of carboxylic acids is 2. The number of nitrogens with zero attached hydrogens (tertiary/aromatic N) is 5. The predicted molar refractivity (Wildman–Crippen MR) is 175 cm³/mol. The zero-order chi connectivity index (χ0) is 35.5. The van der Waals surface area contributed by atoms with Crippen molar-refractivity contribution in [2.24, 2.45) is 5.16 Å². The van der Waals surface area contributed by atoms with E-state index in [1.54, 1.807) is 24.5 Å². The van der Waals surface area contributed by atoms with Crippen LogP contribution in [-0.2, 0) is 37.2 Å². The van der Waals surface area contributed by atoms with Crippen molar-refractivity contribution in [3.8, 4) is 22.8 Å². The van der Waals surface area contributed by atoms with Gasteiger partial charge in [0.2, 0.25) is 0 Å². The number of oxime groups is 1. The van der Waals surface area contributed by atoms with Crippen LogP contribution in [0.1, 0.15) is 11.5 Å². The first-order valence-corrected chi connectivity index (χ1v) is 17.3. The standard InChI is InChI=1S/C30H25N7O10S3/c31-30-32-19(13-50-30)23(35-46-10-16-8-18(34-47-16)14-1-2-20(38)21(39)7-14)26(42)33-24-27(43)37-25(29(44)45)15(12-49-28(24)37)11-48-17-3-5-36(6-4-17)9-22(40)41/h1-8,13,24,28H,9-12H2,(H6-,31,32,33,34,35,38,39,40,41,42,44,45)/t24-,28-/m1/s1. The number of thioether (sulfide) groups is 2. The van der Waals surface area contributed by atoms with Crippen molar-refractivity contribution in [2.45, 2.75) is 29.5 Å². The summed E-state index contributed by atoms with van der Waals surface area (Å²) in [5, 5.41) is 51.6. The summed E-state index contributed by atoms with van der Waals surface area (Å²) in [4.78, 5) is 61.3. The van der Waals surface area contributed by atoms with E-state index in [9.17, 15) is 39.6 Å². The number of phenolic OH excluding ortho intramolecular Hbond substituents is 2. The van der Waals surface area contributed by atoms with E-state index in [4.69, 9.17) is 15.1 Å². The Morgan fingerprint density at radius 3 is 2.66 bits per heavy atom. The molecule has 0 spiro atoms. The number of benzene rings is 1. The largest absolute Gasteiger partial charge is 0.544 e. The highest BCUT2D eigenvalue weighted by Gasteiger charge is 2.54. The van der Waals surface area contributed by atoms with Crippen LogP contribution in [-0.4, -0.2) is 82.7 Å². The molecule has 1 saturated heterocycles. The summed E-state index contributed by atoms with van der Waals surface area (Å²) in [5.41, 5.74) is 6.73. The third-order valence-electron chi connectivity index (χ3n) is 7.29. The van der Waals surface area contributed by atoms with Gasteiger partial charge in [-0.1, -0.05) is 10.3 Å². The Kier molecular flexibility index (Phi) is 9.93. The minimum Gasteiger partial charge on any atom is -0.544 e. The quantitative estimate of drug-likeness (QED) is 0.0308. The van der Waals surface area contributed by atoms with Gasteiger partial charge in [-0.05, 0) is 23.8 Å². The molecule has 2 aliphatic rings. The third-order valence-corrected chi connectivity index (χ3v) is 10.4. The maximum Gasteiger partial charge on any atom is 0.352 e. The minimum atomic E-state index is -1.28. The zero-order valence-electron chi connectivity index (χ0n) is 25.4. The summed E-state index contributed by atoms with van der Waals surface area (Å²) < 4.78 is 6.68. The van der Waals surface area contributed by atoms with Crippen molar-refractivity contribution in [1.29, 1.82) is 0 Å². The van der Waals surface area contributed by atoms with Crippen LogP contribution in [0.2, 0.25) is 0 Å². The normalized spacial score (nSPS) is 17.2. The van der Waals surface area contributed by atoms with Gasteiger partial charge in [-0.3, -0.25) is 14.5 Å². The number of aromatic nitrogens is 3. The summed E-state index contributed by atoms with van der Waals surface area (Å²) in [7, 11) is 0. The Hall–Kier alpha value is -5.60. The molecule has 0 aliphatic carbocycles. The Morgan fingerprint density at radius 2 is 1.98 bits per heavy atom. The second-order valence-corrected chi connectivity index (χ2v) is 13.7. The molecular weight excluding hydrogens is 715 g/mol. The third kappa shape index (κ3) is 7.36. The molecule has 6 N–H and O–H groups in total. The molecule has 5 heterocycles. The van der Waals surface area contributed by atoms with Crippen LogP contribution in [0, 0.1) is 0 Å². The molecule has 3 aromatic heterocycles. The summed E-state index contributed by atoms with van der Waals surface area (Å²) in [5.74, 6) is -3.82. The molecule has 50 heavy (non-hydrogen) atoms. The molecule has 1 aromatic carbocycles. The molecule has 4 aromatic rings. The van der Waals surface area contributed by atoms with Crippen LogP contribution in [0.25, 0.3) is 11.3 Å². The van der Waals surface area contributed by atoms with Gasteiger partial charge in [-0.25, -0.2) is 9.78 Å². The molecule has 1 fully saturated rings. The SMILES string of the molecule is Nc1nc(/C(=N/OCc2cc(-c3ccc(O)c(O)c3)no2)C(=O)N[C@@H]2C(=O)N3C(C(=O)O)=C(CSc4cc[n+](CC(=O)[O-])cc4)CS[C@H]23)cs1. The molecule has 2 atom stereocenters. The zero-order valence-corrected chi connectivity index (χ0v) is 27.9. The molecule has 0 radical (unpaired) electrons. The number of aliphatic carboxylic acids is 2. The first-order valence-electron chi connectivity index (χ1n) is 14.4. The average Bonchev–Trinajstić information content (AvgIpc) is 3.74. The van der Waals surface area contributed by atoms with Crippen molar-refractivity contribution >= 4 is 69.5 Å². The van der Waals surface area contributed by atoms with Gasteiger partial charge in [0, 0.05) is 45.5 Å². The van der Waals surface area contributed by atoms with E-state index < -0.39 is 35.2 Å². The number of amides is 2. The van der Waals surface area contributed by atoms with E-state index in [0.717, 1.165) is 21.1 Å². The lowest BCUT2D eigenvalue weighted by atomic mass is 10.0. The van der Waals surface area contributed by atoms with Crippen molar-refractivity contribution in [2.75, 3.05) is 17.2 Å². The molecule has 6 rings (SSSR count). The van der Waals surface area contributed by atoms with Crippen molar-refractivity contribution in [1.82, 2.24) is 20.4 Å². The average molecular weight is 740 g/mol. The highest BCUT2D eigenvalue weighted by atomic mass is 32.2. The lowest BCUT2D eigenvalue weighted by Gasteiger charge is -2.49. The minimum absolute atomic E-state index is 0.0826. The molecule has 0 unspecified atom stereocenters. The fraction of sp³-hybridized carbons (Fsp3) is 0.200. The van der Waals surface area contributed by atoms with Gasteiger partial charge in [-0.2, -0.15) is 4.57 Å². The van der Waals surface area contributed by atoms with Crippen molar-refractivity contribution in [3.05, 3.63) is 76.9 Å².